The van der Waals surface area contributed by atoms with Gasteiger partial charge in [0.2, 0.25) is 0 Å². The lowest BCUT2D eigenvalue weighted by Crippen LogP contribution is -2.46. The number of pyridine rings is 2. The van der Waals surface area contributed by atoms with Crippen LogP contribution in [0.2, 0.25) is 0 Å². The zero-order valence-corrected chi connectivity index (χ0v) is 22.2. The van der Waals surface area contributed by atoms with E-state index in [1.807, 2.05) is 11.9 Å². The molecule has 14 heteroatoms. The molecule has 1 saturated heterocycles. The second-order valence-corrected chi connectivity index (χ2v) is 9.86. The molecule has 1 aliphatic heterocycles. The molecular formula is C25H27F4N7O2S. The van der Waals surface area contributed by atoms with E-state index in [4.69, 9.17) is 4.74 Å². The van der Waals surface area contributed by atoms with Crippen molar-refractivity contribution in [2.24, 2.45) is 0 Å². The Morgan fingerprint density at radius 3 is 2.85 bits per heavy atom. The fraction of sp³-hybridized carbons (Fsp3) is 0.400. The van der Waals surface area contributed by atoms with E-state index in [1.54, 1.807) is 24.3 Å². The van der Waals surface area contributed by atoms with E-state index in [2.05, 4.69) is 32.6 Å². The molecule has 2 N–H and O–H groups in total. The van der Waals surface area contributed by atoms with Gasteiger partial charge in [-0.05, 0) is 43.7 Å². The molecule has 1 aliphatic rings. The molecule has 39 heavy (non-hydrogen) atoms. The Labute approximate surface area is 226 Å². The molecule has 0 unspecified atom stereocenters. The van der Waals surface area contributed by atoms with Crippen LogP contribution in [0.25, 0.3) is 5.65 Å². The van der Waals surface area contributed by atoms with Crippen molar-refractivity contribution in [3.8, 4) is 17.6 Å². The lowest BCUT2D eigenvalue weighted by molar-refractivity contribution is -0.0330. The van der Waals surface area contributed by atoms with E-state index in [1.165, 1.54) is 31.0 Å². The minimum Gasteiger partial charge on any atom is -0.494 e. The summed E-state index contributed by atoms with van der Waals surface area (Å²) in [6.07, 6.45) is 2.31. The first-order valence-electron chi connectivity index (χ1n) is 11.9. The molecule has 0 saturated carbocycles. The fourth-order valence-corrected chi connectivity index (χ4v) is 4.76. The smallest absolute Gasteiger partial charge is 0.447 e. The van der Waals surface area contributed by atoms with Crippen LogP contribution in [0.4, 0.5) is 23.2 Å². The maximum atomic E-state index is 14.6. The molecule has 0 aliphatic carbocycles. The summed E-state index contributed by atoms with van der Waals surface area (Å²) in [6.45, 7) is 0.891. The number of anilines is 1. The predicted octanol–water partition coefficient (Wildman–Crippen LogP) is 3.43. The maximum absolute atomic E-state index is 14.6. The van der Waals surface area contributed by atoms with Gasteiger partial charge in [0.15, 0.2) is 11.3 Å². The minimum atomic E-state index is -4.58. The summed E-state index contributed by atoms with van der Waals surface area (Å²) in [6, 6.07) is 5.96. The number of amides is 1. The summed E-state index contributed by atoms with van der Waals surface area (Å²) in [7, 11) is 4.72. The van der Waals surface area contributed by atoms with E-state index in [0.29, 0.717) is 24.4 Å². The number of likely N-dealkylation sites (tertiary alicyclic amines) is 1. The number of nitrogens with zero attached hydrogens (tertiary/aromatic N) is 5. The molecule has 0 radical (unpaired) electrons. The summed E-state index contributed by atoms with van der Waals surface area (Å²) in [5, 5.41) is 4.07. The molecule has 1 amide bonds. The van der Waals surface area contributed by atoms with Gasteiger partial charge in [-0.25, -0.2) is 19.8 Å². The number of rotatable bonds is 7. The van der Waals surface area contributed by atoms with Crippen molar-refractivity contribution in [3.63, 3.8) is 0 Å². The van der Waals surface area contributed by atoms with Crippen LogP contribution in [-0.4, -0.2) is 88.7 Å². The first kappa shape index (κ1) is 28.5. The number of fused-ring (bicyclic) bond motifs is 1. The number of ether oxygens (including phenoxy) is 1. The van der Waals surface area contributed by atoms with Gasteiger partial charge in [-0.2, -0.15) is 13.2 Å². The number of imidazole rings is 1. The van der Waals surface area contributed by atoms with Crippen molar-refractivity contribution >= 4 is 29.0 Å². The average Bonchev–Trinajstić information content (AvgIpc) is 3.24. The number of hydrazine groups is 1. The lowest BCUT2D eigenvalue weighted by atomic mass is 10.0. The topological polar surface area (TPSA) is 87.0 Å². The van der Waals surface area contributed by atoms with Gasteiger partial charge >= 0.3 is 5.51 Å². The minimum absolute atomic E-state index is 0.0639. The molecule has 4 rings (SSSR count). The Bertz CT molecular complexity index is 1390. The molecule has 4 heterocycles. The maximum Gasteiger partial charge on any atom is 0.447 e. The summed E-state index contributed by atoms with van der Waals surface area (Å²) in [5.74, 6) is 5.21. The van der Waals surface area contributed by atoms with Crippen LogP contribution < -0.4 is 15.5 Å². The first-order valence-corrected chi connectivity index (χ1v) is 12.7. The van der Waals surface area contributed by atoms with Gasteiger partial charge in [-0.3, -0.25) is 14.2 Å². The van der Waals surface area contributed by atoms with E-state index in [-0.39, 0.29) is 46.9 Å². The van der Waals surface area contributed by atoms with Crippen LogP contribution in [0.15, 0.2) is 41.7 Å². The molecule has 3 aromatic rings. The van der Waals surface area contributed by atoms with Gasteiger partial charge in [0.05, 0.1) is 25.4 Å². The van der Waals surface area contributed by atoms with Crippen LogP contribution in [0.5, 0.6) is 5.75 Å². The number of piperidine rings is 1. The summed E-state index contributed by atoms with van der Waals surface area (Å²) < 4.78 is 61.3. The number of methoxy groups -OCH3 is 1. The molecule has 9 nitrogen and oxygen atoms in total. The molecule has 0 aromatic carbocycles. The van der Waals surface area contributed by atoms with E-state index in [0.717, 1.165) is 5.01 Å². The van der Waals surface area contributed by atoms with Crippen LogP contribution >= 0.6 is 11.8 Å². The van der Waals surface area contributed by atoms with E-state index < -0.39 is 23.6 Å². The molecule has 208 valence electrons. The van der Waals surface area contributed by atoms with Crippen LogP contribution in [0.1, 0.15) is 22.6 Å². The van der Waals surface area contributed by atoms with E-state index >= 15 is 0 Å². The Morgan fingerprint density at radius 2 is 2.13 bits per heavy atom. The van der Waals surface area contributed by atoms with Crippen molar-refractivity contribution in [1.82, 2.24) is 29.7 Å². The number of thioether (sulfide) groups is 1. The second kappa shape index (κ2) is 12.1. The zero-order chi connectivity index (χ0) is 28.2. The molecule has 0 bridgehead atoms. The van der Waals surface area contributed by atoms with Crippen molar-refractivity contribution in [2.45, 2.75) is 29.2 Å². The van der Waals surface area contributed by atoms with Gasteiger partial charge in [-0.15, -0.1) is 0 Å². The number of carbonyl (C=O) groups is 1. The lowest BCUT2D eigenvalue weighted by Gasteiger charge is -2.33. The Hall–Kier alpha value is -3.54. The van der Waals surface area contributed by atoms with Crippen LogP contribution in [0, 0.1) is 11.8 Å². The highest BCUT2D eigenvalue weighted by molar-refractivity contribution is 8.00. The van der Waals surface area contributed by atoms with E-state index in [9.17, 15) is 22.4 Å². The molecule has 0 spiro atoms. The Morgan fingerprint density at radius 1 is 1.33 bits per heavy atom. The monoisotopic (exact) mass is 565 g/mol. The van der Waals surface area contributed by atoms with Crippen LogP contribution in [0.3, 0.4) is 0 Å². The first-order chi connectivity index (χ1) is 18.6. The normalized spacial score (nSPS) is 17.9. The molecular weight excluding hydrogens is 538 g/mol. The summed E-state index contributed by atoms with van der Waals surface area (Å²) in [4.78, 5) is 22.9. The van der Waals surface area contributed by atoms with Crippen LogP contribution in [-0.2, 0) is 0 Å². The zero-order valence-electron chi connectivity index (χ0n) is 21.4. The number of alkyl halides is 4. The highest BCUT2D eigenvalue weighted by Crippen LogP contribution is 2.39. The number of halogens is 4. The van der Waals surface area contributed by atoms with Gasteiger partial charge < -0.3 is 15.0 Å². The van der Waals surface area contributed by atoms with Gasteiger partial charge in [0.25, 0.3) is 5.91 Å². The number of carbonyl (C=O) groups excluding carboxylic acids is 1. The third-order valence-electron chi connectivity index (χ3n) is 6.01. The van der Waals surface area contributed by atoms with Gasteiger partial charge in [0, 0.05) is 44.3 Å². The van der Waals surface area contributed by atoms with Crippen molar-refractivity contribution < 1.29 is 27.1 Å². The number of hydrogen-bond acceptors (Lipinski definition) is 8. The largest absolute Gasteiger partial charge is 0.494 e. The van der Waals surface area contributed by atoms with Gasteiger partial charge in [-0.1, -0.05) is 5.92 Å². The highest BCUT2D eigenvalue weighted by Gasteiger charge is 2.34. The number of aromatic nitrogens is 3. The molecule has 3 aromatic heterocycles. The third kappa shape index (κ3) is 6.92. The fourth-order valence-electron chi connectivity index (χ4n) is 4.10. The molecule has 1 fully saturated rings. The second-order valence-electron chi connectivity index (χ2n) is 8.80. The average molecular weight is 566 g/mol. The standard InChI is InChI=1S/C25H27F4N7O2S/c1-34-14-10-17(16(26)15-34)32-18-8-6-13-36-22(18)33-19(24(36)39-25(27,28)29)7-4-12-31-35(2)23(37)21-20(38-3)9-5-11-30-21/h5-6,8-9,11,13,16-17,31-32H,10,12,14-15H2,1-3H3/t16-,17+/m0/s1. The van der Waals surface area contributed by atoms with Crippen molar-refractivity contribution in [2.75, 3.05) is 46.2 Å². The number of hydrogen-bond donors (Lipinski definition) is 2. The van der Waals surface area contributed by atoms with Crippen molar-refractivity contribution in [1.29, 1.82) is 0 Å². The highest BCUT2D eigenvalue weighted by atomic mass is 32.2. The molecule has 2 atom stereocenters. The third-order valence-corrected chi connectivity index (χ3v) is 6.83. The number of nitrogens with one attached hydrogen (secondary N) is 2. The summed E-state index contributed by atoms with van der Waals surface area (Å²) >= 11 is -0.328. The Balaban J connectivity index is 1.55. The van der Waals surface area contributed by atoms with Gasteiger partial charge in [0.1, 0.15) is 22.6 Å². The Kier molecular flexibility index (Phi) is 8.83. The quantitative estimate of drug-likeness (QED) is 0.195. The SMILES string of the molecule is COc1cccnc1C(=O)N(C)NCC#Cc1nc2c(N[C@@H]3CCN(C)C[C@@H]3F)cccn2c1SC(F)(F)F. The summed E-state index contributed by atoms with van der Waals surface area (Å²) in [5.41, 5.74) is -1.18. The van der Waals surface area contributed by atoms with Crippen molar-refractivity contribution in [3.05, 3.63) is 48.0 Å². The predicted molar refractivity (Wildman–Crippen MR) is 139 cm³/mol.